The van der Waals surface area contributed by atoms with Gasteiger partial charge in [0, 0.05) is 11.8 Å². The van der Waals surface area contributed by atoms with Crippen molar-refractivity contribution in [2.45, 2.75) is 79.5 Å². The molecule has 3 aliphatic heterocycles. The largest absolute Gasteiger partial charge is 0.394 e. The zero-order valence-corrected chi connectivity index (χ0v) is 20.6. The Labute approximate surface area is 218 Å². The van der Waals surface area contributed by atoms with E-state index in [2.05, 4.69) is 0 Å². The maximum Gasteiger partial charge on any atom is 0.183 e. The molecule has 11 N–H and O–H groups in total. The summed E-state index contributed by atoms with van der Waals surface area (Å²) < 4.78 is 27.1. The van der Waals surface area contributed by atoms with E-state index in [-0.39, 0.29) is 26.4 Å². The van der Waals surface area contributed by atoms with Crippen LogP contribution in [0.15, 0.2) is 0 Å². The van der Waals surface area contributed by atoms with E-state index in [1.54, 1.807) is 0 Å². The van der Waals surface area contributed by atoms with Crippen LogP contribution in [0.3, 0.4) is 0 Å². The van der Waals surface area contributed by atoms with E-state index in [0.29, 0.717) is 0 Å². The topological polar surface area (TPSA) is 269 Å². The van der Waals surface area contributed by atoms with Crippen LogP contribution >= 0.6 is 0 Å². The van der Waals surface area contributed by atoms with E-state index < -0.39 is 111 Å². The van der Waals surface area contributed by atoms with E-state index >= 15 is 0 Å². The molecule has 16 heteroatoms. The summed E-state index contributed by atoms with van der Waals surface area (Å²) in [6.45, 7) is -2.83. The van der Waals surface area contributed by atoms with Gasteiger partial charge in [-0.05, 0) is 0 Å². The molecule has 0 aromatic rings. The molecule has 38 heavy (non-hydrogen) atoms. The van der Waals surface area contributed by atoms with Crippen molar-refractivity contribution < 1.29 is 79.9 Å². The van der Waals surface area contributed by atoms with Crippen molar-refractivity contribution in [3.05, 3.63) is 0 Å². The lowest BCUT2D eigenvalue weighted by Crippen LogP contribution is -2.60. The van der Waals surface area contributed by atoms with Gasteiger partial charge in [0.25, 0.3) is 0 Å². The lowest BCUT2D eigenvalue weighted by atomic mass is 9.87. The third-order valence-corrected chi connectivity index (χ3v) is 7.41. The van der Waals surface area contributed by atoms with Gasteiger partial charge in [-0.2, -0.15) is 0 Å². The smallest absolute Gasteiger partial charge is 0.183 e. The van der Waals surface area contributed by atoms with Gasteiger partial charge in [0.05, 0.1) is 70.7 Å². The van der Waals surface area contributed by atoms with E-state index in [4.69, 9.17) is 23.7 Å². The number of aliphatic hydroxyl groups is 11. The summed E-state index contributed by atoms with van der Waals surface area (Å²) in [4.78, 5) is 0. The van der Waals surface area contributed by atoms with Gasteiger partial charge in [0.15, 0.2) is 6.29 Å². The van der Waals surface area contributed by atoms with E-state index in [9.17, 15) is 56.2 Å². The Morgan fingerprint density at radius 3 is 1.29 bits per heavy atom. The second-order valence-electron chi connectivity index (χ2n) is 9.88. The van der Waals surface area contributed by atoms with E-state index in [1.807, 2.05) is 0 Å². The Morgan fingerprint density at radius 2 is 0.789 bits per heavy atom. The average molecular weight is 561 g/mol. The number of rotatable bonds is 11. The fourth-order valence-electron chi connectivity index (χ4n) is 4.96. The van der Waals surface area contributed by atoms with Crippen molar-refractivity contribution in [3.8, 4) is 0 Å². The maximum absolute atomic E-state index is 10.7. The van der Waals surface area contributed by atoms with Gasteiger partial charge in [-0.3, -0.25) is 0 Å². The first-order valence-corrected chi connectivity index (χ1v) is 12.4. The van der Waals surface area contributed by atoms with Crippen molar-refractivity contribution in [1.82, 2.24) is 0 Å². The number of hydrogen-bond acceptors (Lipinski definition) is 16. The van der Waals surface area contributed by atoms with Crippen LogP contribution in [0.25, 0.3) is 0 Å². The molecule has 3 fully saturated rings. The predicted molar refractivity (Wildman–Crippen MR) is 120 cm³/mol. The minimum atomic E-state index is -1.68. The Hall–Kier alpha value is -0.640. The molecule has 224 valence electrons. The summed E-state index contributed by atoms with van der Waals surface area (Å²) in [6.07, 6.45) is -17.6. The molecule has 0 amide bonds. The van der Waals surface area contributed by atoms with E-state index in [1.165, 1.54) is 0 Å². The Kier molecular flexibility index (Phi) is 12.0. The normalized spacial score (nSPS) is 48.2. The first-order valence-electron chi connectivity index (χ1n) is 12.4. The molecule has 0 aliphatic carbocycles. The highest BCUT2D eigenvalue weighted by Crippen LogP contribution is 2.29. The minimum Gasteiger partial charge on any atom is -0.394 e. The first kappa shape index (κ1) is 31.9. The molecule has 0 bridgehead atoms. The SMILES string of the molecule is OCC1O[C@H](O)C(O)[C@H](O)[C@@H]1COC[C@@H]1OC(CO)[C@H](COC[C@@H]2OC(CO)[C@H](O)[C@@H](O)C2O)[C@@H](O)C1O. The molecule has 0 spiro atoms. The molecule has 3 aliphatic rings. The summed E-state index contributed by atoms with van der Waals surface area (Å²) in [5, 5.41) is 109. The zero-order valence-electron chi connectivity index (χ0n) is 20.6. The summed E-state index contributed by atoms with van der Waals surface area (Å²) in [7, 11) is 0. The second kappa shape index (κ2) is 14.3. The van der Waals surface area contributed by atoms with Crippen LogP contribution in [-0.2, 0) is 23.7 Å². The molecular weight excluding hydrogens is 520 g/mol. The molecule has 0 aromatic carbocycles. The van der Waals surface area contributed by atoms with Crippen LogP contribution in [0.1, 0.15) is 0 Å². The average Bonchev–Trinajstić information content (AvgIpc) is 2.91. The molecule has 16 nitrogen and oxygen atoms in total. The van der Waals surface area contributed by atoms with Gasteiger partial charge in [0.1, 0.15) is 48.8 Å². The quantitative estimate of drug-likeness (QED) is 0.112. The first-order chi connectivity index (χ1) is 18.0. The number of hydrogen-bond donors (Lipinski definition) is 11. The van der Waals surface area contributed by atoms with Crippen LogP contribution in [0.2, 0.25) is 0 Å². The molecular formula is C22H40O16. The van der Waals surface area contributed by atoms with Crippen molar-refractivity contribution >= 4 is 0 Å². The van der Waals surface area contributed by atoms with Crippen molar-refractivity contribution in [1.29, 1.82) is 0 Å². The standard InChI is InChI=1S/C22H40O16/c23-1-10-8(4-34-7-14-19(30)20(31)17(28)12(3-25)37-14)15(26)18(29)13(36-10)6-35-5-9-11(2-24)38-22(33)21(32)16(9)27/h8-33H,1-7H2/t8-,9+,10?,11?,12?,13-,14-,15+,16+,17-,18?,19?,20+,21?,22-/m0/s1. The lowest BCUT2D eigenvalue weighted by molar-refractivity contribution is -0.282. The summed E-state index contributed by atoms with van der Waals surface area (Å²) >= 11 is 0. The number of ether oxygens (including phenoxy) is 5. The highest BCUT2D eigenvalue weighted by molar-refractivity contribution is 4.94. The Balaban J connectivity index is 1.50. The fourth-order valence-corrected chi connectivity index (χ4v) is 4.96. The van der Waals surface area contributed by atoms with Crippen LogP contribution in [0.5, 0.6) is 0 Å². The predicted octanol–water partition coefficient (Wildman–Crippen LogP) is -6.99. The van der Waals surface area contributed by atoms with Gasteiger partial charge in [-0.25, -0.2) is 0 Å². The van der Waals surface area contributed by atoms with Crippen LogP contribution in [0, 0.1) is 11.8 Å². The third-order valence-electron chi connectivity index (χ3n) is 7.41. The minimum absolute atomic E-state index is 0.254. The summed E-state index contributed by atoms with van der Waals surface area (Å²) in [6, 6.07) is 0. The van der Waals surface area contributed by atoms with Crippen LogP contribution in [-0.4, -0.2) is 182 Å². The molecule has 3 rings (SSSR count). The third kappa shape index (κ3) is 6.98. The summed E-state index contributed by atoms with van der Waals surface area (Å²) in [5.41, 5.74) is 0. The highest BCUT2D eigenvalue weighted by Gasteiger charge is 2.47. The van der Waals surface area contributed by atoms with Crippen molar-refractivity contribution in [3.63, 3.8) is 0 Å². The van der Waals surface area contributed by atoms with Gasteiger partial charge in [0.2, 0.25) is 0 Å². The molecule has 0 aromatic heterocycles. The molecule has 0 radical (unpaired) electrons. The second-order valence-corrected chi connectivity index (χ2v) is 9.88. The maximum atomic E-state index is 10.7. The monoisotopic (exact) mass is 560 g/mol. The highest BCUT2D eigenvalue weighted by atomic mass is 16.6. The molecule has 6 unspecified atom stereocenters. The fraction of sp³-hybridized carbons (Fsp3) is 1.00. The van der Waals surface area contributed by atoms with Crippen LogP contribution < -0.4 is 0 Å². The van der Waals surface area contributed by atoms with Gasteiger partial charge in [-0.15, -0.1) is 0 Å². The molecule has 3 heterocycles. The zero-order chi connectivity index (χ0) is 28.1. The van der Waals surface area contributed by atoms with Crippen LogP contribution in [0.4, 0.5) is 0 Å². The molecule has 15 atom stereocenters. The number of aliphatic hydroxyl groups excluding tert-OH is 11. The summed E-state index contributed by atoms with van der Waals surface area (Å²) in [5.74, 6) is -1.83. The molecule has 3 saturated heterocycles. The Morgan fingerprint density at radius 1 is 0.395 bits per heavy atom. The lowest BCUT2D eigenvalue weighted by Gasteiger charge is -2.43. The van der Waals surface area contributed by atoms with Gasteiger partial charge in [-0.1, -0.05) is 0 Å². The Bertz CT molecular complexity index is 696. The van der Waals surface area contributed by atoms with Crippen molar-refractivity contribution in [2.24, 2.45) is 11.8 Å². The van der Waals surface area contributed by atoms with Gasteiger partial charge >= 0.3 is 0 Å². The van der Waals surface area contributed by atoms with E-state index in [0.717, 1.165) is 0 Å². The van der Waals surface area contributed by atoms with Gasteiger partial charge < -0.3 is 79.9 Å². The van der Waals surface area contributed by atoms with Crippen molar-refractivity contribution in [2.75, 3.05) is 46.2 Å². The molecule has 0 saturated carbocycles.